The Bertz CT molecular complexity index is 1270. The van der Waals surface area contributed by atoms with Crippen molar-refractivity contribution in [1.82, 2.24) is 9.97 Å². The zero-order chi connectivity index (χ0) is 23.5. The van der Waals surface area contributed by atoms with Gasteiger partial charge in [0.1, 0.15) is 35.1 Å². The number of nitrogens with zero attached hydrogens (tertiary/aromatic N) is 4. The first-order valence-electron chi connectivity index (χ1n) is 10.6. The van der Waals surface area contributed by atoms with Gasteiger partial charge >= 0.3 is 0 Å². The van der Waals surface area contributed by atoms with Crippen LogP contribution < -0.4 is 5.73 Å². The molecule has 3 aromatic rings. The Morgan fingerprint density at radius 1 is 1.18 bits per heavy atom. The number of pyridine rings is 1. The minimum atomic E-state index is -0.350. The Labute approximate surface area is 195 Å². The van der Waals surface area contributed by atoms with E-state index in [-0.39, 0.29) is 29.2 Å². The molecule has 0 atom stereocenters. The van der Waals surface area contributed by atoms with E-state index in [4.69, 9.17) is 10.2 Å². The number of anilines is 1. The van der Waals surface area contributed by atoms with Crippen molar-refractivity contribution in [2.75, 3.05) is 5.73 Å². The predicted octanol–water partition coefficient (Wildman–Crippen LogP) is 4.82. The monoisotopic (exact) mass is 463 g/mol. The van der Waals surface area contributed by atoms with Gasteiger partial charge in [0.15, 0.2) is 0 Å². The molecule has 1 saturated carbocycles. The van der Waals surface area contributed by atoms with E-state index < -0.39 is 0 Å². The van der Waals surface area contributed by atoms with Gasteiger partial charge in [0, 0.05) is 11.3 Å². The van der Waals surface area contributed by atoms with Gasteiger partial charge in [-0.25, -0.2) is 14.4 Å². The molecule has 1 aliphatic carbocycles. The van der Waals surface area contributed by atoms with E-state index in [1.165, 1.54) is 24.1 Å². The normalized spacial score (nSPS) is 18.0. The lowest BCUT2D eigenvalue weighted by Gasteiger charge is -2.27. The molecule has 4 rings (SSSR count). The Kier molecular flexibility index (Phi) is 6.64. The molecule has 2 aromatic heterocycles. The molecule has 168 valence electrons. The molecule has 0 bridgehead atoms. The van der Waals surface area contributed by atoms with Crippen LogP contribution >= 0.6 is 11.8 Å². The van der Waals surface area contributed by atoms with Gasteiger partial charge < -0.3 is 15.3 Å². The third-order valence-electron chi connectivity index (χ3n) is 5.87. The van der Waals surface area contributed by atoms with E-state index in [2.05, 4.69) is 22.1 Å². The summed E-state index contributed by atoms with van der Waals surface area (Å²) in [5.74, 6) is 0.533. The first-order valence-corrected chi connectivity index (χ1v) is 11.5. The van der Waals surface area contributed by atoms with Crippen LogP contribution in [0.2, 0.25) is 0 Å². The van der Waals surface area contributed by atoms with Crippen LogP contribution in [0, 0.1) is 35.4 Å². The molecule has 33 heavy (non-hydrogen) atoms. The molecule has 0 spiro atoms. The second-order valence-electron chi connectivity index (χ2n) is 8.09. The molecule has 9 heteroatoms. The molecular weight excluding hydrogens is 441 g/mol. The zero-order valence-corrected chi connectivity index (χ0v) is 18.8. The largest absolute Gasteiger partial charge is 0.444 e. The van der Waals surface area contributed by atoms with Crippen molar-refractivity contribution in [1.29, 1.82) is 10.5 Å². The molecule has 1 aliphatic rings. The summed E-state index contributed by atoms with van der Waals surface area (Å²) in [6.45, 7) is 1.67. The summed E-state index contributed by atoms with van der Waals surface area (Å²) in [6.07, 6.45) is 3.77. The molecule has 0 amide bonds. The standard InChI is InChI=1S/C24H22FN5O2S/c1-13-8-15(4-7-20(13)25)23-29-16(11-32-23)12-33-24-19(10-27)21(18(9-26)22(28)30-24)14-2-5-17(31)6-3-14/h4,7-8,11,14,17,31H,2-3,5-6,12H2,1H3,(H2,28,30)/t14-,17+. The first kappa shape index (κ1) is 22.8. The van der Waals surface area contributed by atoms with Gasteiger partial charge in [-0.3, -0.25) is 0 Å². The number of aliphatic hydroxyl groups is 1. The zero-order valence-electron chi connectivity index (χ0n) is 18.0. The summed E-state index contributed by atoms with van der Waals surface area (Å²) >= 11 is 1.30. The Balaban J connectivity index is 1.60. The summed E-state index contributed by atoms with van der Waals surface area (Å²) < 4.78 is 19.1. The fourth-order valence-electron chi connectivity index (χ4n) is 4.13. The second kappa shape index (κ2) is 9.62. The number of halogens is 1. The predicted molar refractivity (Wildman–Crippen MR) is 121 cm³/mol. The highest BCUT2D eigenvalue weighted by molar-refractivity contribution is 7.98. The molecule has 2 heterocycles. The number of aryl methyl sites for hydroxylation is 1. The van der Waals surface area contributed by atoms with E-state index in [1.54, 1.807) is 19.1 Å². The number of nitriles is 2. The maximum absolute atomic E-state index is 13.5. The van der Waals surface area contributed by atoms with Crippen molar-refractivity contribution in [3.63, 3.8) is 0 Å². The van der Waals surface area contributed by atoms with Gasteiger partial charge in [0.25, 0.3) is 0 Å². The highest BCUT2D eigenvalue weighted by atomic mass is 32.2. The molecule has 3 N–H and O–H groups in total. The fourth-order valence-corrected chi connectivity index (χ4v) is 5.01. The van der Waals surface area contributed by atoms with Crippen molar-refractivity contribution < 1.29 is 13.9 Å². The lowest BCUT2D eigenvalue weighted by Crippen LogP contribution is -2.19. The smallest absolute Gasteiger partial charge is 0.226 e. The van der Waals surface area contributed by atoms with E-state index in [0.717, 1.165) is 0 Å². The minimum absolute atomic E-state index is 0.0253. The number of aliphatic hydroxyl groups excluding tert-OH is 1. The van der Waals surface area contributed by atoms with Crippen LogP contribution in [-0.2, 0) is 5.75 Å². The van der Waals surface area contributed by atoms with Crippen LogP contribution in [-0.4, -0.2) is 21.2 Å². The number of hydrogen-bond acceptors (Lipinski definition) is 8. The number of hydrogen-bond donors (Lipinski definition) is 2. The summed E-state index contributed by atoms with van der Waals surface area (Å²) in [7, 11) is 0. The molecule has 0 aliphatic heterocycles. The Morgan fingerprint density at radius 3 is 2.58 bits per heavy atom. The number of benzene rings is 1. The summed E-state index contributed by atoms with van der Waals surface area (Å²) in [6, 6.07) is 8.98. The number of aromatic nitrogens is 2. The average Bonchev–Trinajstić information content (AvgIpc) is 3.28. The maximum Gasteiger partial charge on any atom is 0.226 e. The Morgan fingerprint density at radius 2 is 1.91 bits per heavy atom. The van der Waals surface area contributed by atoms with Crippen molar-refractivity contribution in [3.05, 3.63) is 58.2 Å². The van der Waals surface area contributed by atoms with E-state index in [1.807, 2.05) is 0 Å². The summed E-state index contributed by atoms with van der Waals surface area (Å²) in [4.78, 5) is 8.80. The average molecular weight is 464 g/mol. The SMILES string of the molecule is Cc1cc(-c2nc(CSc3nc(N)c(C#N)c([C@H]4CC[C@@H](O)CC4)c3C#N)co2)ccc1F. The van der Waals surface area contributed by atoms with Crippen molar-refractivity contribution in [2.24, 2.45) is 0 Å². The van der Waals surface area contributed by atoms with Crippen LogP contribution in [0.25, 0.3) is 11.5 Å². The third kappa shape index (κ3) is 4.70. The van der Waals surface area contributed by atoms with E-state index in [9.17, 15) is 20.0 Å². The second-order valence-corrected chi connectivity index (χ2v) is 9.06. The summed E-state index contributed by atoms with van der Waals surface area (Å²) in [5.41, 5.74) is 9.12. The molecular formula is C24H22FN5O2S. The highest BCUT2D eigenvalue weighted by Gasteiger charge is 2.29. The van der Waals surface area contributed by atoms with Crippen LogP contribution in [0.4, 0.5) is 10.2 Å². The van der Waals surface area contributed by atoms with Crippen LogP contribution in [0.3, 0.4) is 0 Å². The van der Waals surface area contributed by atoms with Crippen molar-refractivity contribution in [2.45, 2.75) is 55.4 Å². The van der Waals surface area contributed by atoms with Gasteiger partial charge in [-0.2, -0.15) is 10.5 Å². The van der Waals surface area contributed by atoms with Crippen LogP contribution in [0.5, 0.6) is 0 Å². The van der Waals surface area contributed by atoms with Gasteiger partial charge in [-0.05, 0) is 67.9 Å². The number of nitrogens with two attached hydrogens (primary N) is 1. The number of oxazole rings is 1. The molecule has 7 nitrogen and oxygen atoms in total. The van der Waals surface area contributed by atoms with Gasteiger partial charge in [-0.1, -0.05) is 11.8 Å². The van der Waals surface area contributed by atoms with Crippen LogP contribution in [0.15, 0.2) is 33.9 Å². The molecule has 0 unspecified atom stereocenters. The third-order valence-corrected chi connectivity index (χ3v) is 6.88. The Hall–Kier alpha value is -3.40. The van der Waals surface area contributed by atoms with Crippen molar-refractivity contribution >= 4 is 17.6 Å². The lowest BCUT2D eigenvalue weighted by molar-refractivity contribution is 0.122. The lowest BCUT2D eigenvalue weighted by atomic mass is 9.79. The van der Waals surface area contributed by atoms with Gasteiger partial charge in [-0.15, -0.1) is 0 Å². The van der Waals surface area contributed by atoms with Crippen LogP contribution in [0.1, 0.15) is 59.5 Å². The quantitative estimate of drug-likeness (QED) is 0.515. The highest BCUT2D eigenvalue weighted by Crippen LogP contribution is 2.40. The maximum atomic E-state index is 13.5. The topological polar surface area (TPSA) is 133 Å². The van der Waals surface area contributed by atoms with E-state index >= 15 is 0 Å². The number of nitrogen functional groups attached to an aromatic ring is 1. The minimum Gasteiger partial charge on any atom is -0.444 e. The molecule has 0 saturated heterocycles. The molecule has 0 radical (unpaired) electrons. The number of thioether (sulfide) groups is 1. The van der Waals surface area contributed by atoms with Crippen molar-refractivity contribution in [3.8, 4) is 23.6 Å². The summed E-state index contributed by atoms with van der Waals surface area (Å²) in [5, 5.41) is 29.9. The van der Waals surface area contributed by atoms with Gasteiger partial charge in [0.2, 0.25) is 5.89 Å². The fraction of sp³-hybridized carbons (Fsp3) is 0.333. The van der Waals surface area contributed by atoms with E-state index in [0.29, 0.717) is 70.3 Å². The molecule has 1 aromatic carbocycles. The number of rotatable bonds is 5. The van der Waals surface area contributed by atoms with Gasteiger partial charge in [0.05, 0.1) is 22.9 Å². The first-order chi connectivity index (χ1) is 15.9. The molecule has 1 fully saturated rings.